The first-order valence-electron chi connectivity index (χ1n) is 9.93. The average Bonchev–Trinajstić information content (AvgIpc) is 3.22. The molecular weight excluding hydrogens is 494 g/mol. The zero-order chi connectivity index (χ0) is 24.9. The number of halogens is 5. The minimum atomic E-state index is -4.95. The highest BCUT2D eigenvalue weighted by molar-refractivity contribution is 6.31. The number of esters is 1. The molecule has 3 rings (SSSR count). The van der Waals surface area contributed by atoms with Crippen molar-refractivity contribution in [3.63, 3.8) is 0 Å². The number of carbonyl (C=O) groups excluding carboxylic acids is 1. The van der Waals surface area contributed by atoms with Crippen LogP contribution >= 0.6 is 23.2 Å². The summed E-state index contributed by atoms with van der Waals surface area (Å²) in [5.74, 6) is -1.51. The number of benzene rings is 2. The van der Waals surface area contributed by atoms with Crippen molar-refractivity contribution in [3.8, 4) is 11.3 Å². The first-order valence-corrected chi connectivity index (χ1v) is 10.7. The number of nitrogens with one attached hydrogen (secondary N) is 2. The van der Waals surface area contributed by atoms with Crippen LogP contribution in [0.2, 0.25) is 10.0 Å². The number of ether oxygens (including phenoxy) is 1. The Morgan fingerprint density at radius 1 is 1.18 bits per heavy atom. The second-order valence-electron chi connectivity index (χ2n) is 6.94. The number of nitrogens with zero attached hydrogens (tertiary/aromatic N) is 1. The number of rotatable bonds is 8. The first kappa shape index (κ1) is 25.3. The fraction of sp³-hybridized carbons (Fsp3) is 0.174. The van der Waals surface area contributed by atoms with Crippen LogP contribution in [0.15, 0.2) is 58.8 Å². The van der Waals surface area contributed by atoms with E-state index in [0.29, 0.717) is 23.2 Å². The molecule has 0 radical (unpaired) electrons. The third kappa shape index (κ3) is 5.78. The van der Waals surface area contributed by atoms with Crippen LogP contribution in [0.25, 0.3) is 16.8 Å². The highest BCUT2D eigenvalue weighted by Crippen LogP contribution is 2.37. The Hall–Kier alpha value is -3.30. The predicted octanol–water partition coefficient (Wildman–Crippen LogP) is 7.25. The van der Waals surface area contributed by atoms with Crippen LogP contribution in [0, 0.1) is 5.41 Å². The van der Waals surface area contributed by atoms with Crippen LogP contribution in [0.3, 0.4) is 0 Å². The molecule has 0 aliphatic heterocycles. The molecule has 0 unspecified atom stereocenters. The van der Waals surface area contributed by atoms with Gasteiger partial charge < -0.3 is 20.0 Å². The maximum atomic E-state index is 14.1. The van der Waals surface area contributed by atoms with Crippen molar-refractivity contribution in [1.82, 2.24) is 5.16 Å². The summed E-state index contributed by atoms with van der Waals surface area (Å²) in [6, 6.07) is 11.7. The minimum Gasteiger partial charge on any atom is -0.462 e. The van der Waals surface area contributed by atoms with Crippen LogP contribution in [0.4, 0.5) is 18.9 Å². The minimum absolute atomic E-state index is 0.0201. The summed E-state index contributed by atoms with van der Waals surface area (Å²) in [4.78, 5) is 12.9. The van der Waals surface area contributed by atoms with Gasteiger partial charge in [-0.05, 0) is 36.8 Å². The van der Waals surface area contributed by atoms with E-state index in [1.165, 1.54) is 48.5 Å². The van der Waals surface area contributed by atoms with Gasteiger partial charge in [0, 0.05) is 27.5 Å². The lowest BCUT2D eigenvalue weighted by molar-refractivity contribution is -0.0896. The van der Waals surface area contributed by atoms with Gasteiger partial charge in [-0.2, -0.15) is 13.2 Å². The highest BCUT2D eigenvalue weighted by atomic mass is 35.5. The molecule has 0 spiro atoms. The topological polar surface area (TPSA) is 88.2 Å². The highest BCUT2D eigenvalue weighted by Gasteiger charge is 2.40. The van der Waals surface area contributed by atoms with Gasteiger partial charge in [-0.3, -0.25) is 0 Å². The lowest BCUT2D eigenvalue weighted by Gasteiger charge is -2.17. The maximum absolute atomic E-state index is 14.1. The van der Waals surface area contributed by atoms with Crippen molar-refractivity contribution in [1.29, 1.82) is 5.41 Å². The summed E-state index contributed by atoms with van der Waals surface area (Å²) >= 11 is 11.8. The molecule has 0 atom stereocenters. The van der Waals surface area contributed by atoms with Crippen LogP contribution in [0.5, 0.6) is 0 Å². The zero-order valence-electron chi connectivity index (χ0n) is 17.7. The normalized spacial score (nSPS) is 12.2. The third-order valence-corrected chi connectivity index (χ3v) is 4.97. The summed E-state index contributed by atoms with van der Waals surface area (Å²) in [6.07, 6.45) is -4.03. The number of anilines is 1. The number of allylic oxidation sites excluding steroid dienone is 2. The van der Waals surface area contributed by atoms with E-state index in [4.69, 9.17) is 37.9 Å². The molecule has 6 nitrogen and oxygen atoms in total. The lowest BCUT2D eigenvalue weighted by atomic mass is 10.0. The number of hydrogen-bond acceptors (Lipinski definition) is 6. The summed E-state index contributed by atoms with van der Waals surface area (Å²) in [5, 5.41) is 14.4. The van der Waals surface area contributed by atoms with Crippen LogP contribution in [0.1, 0.15) is 29.5 Å². The first-order chi connectivity index (χ1) is 16.2. The standard InChI is InChI=1S/C23H18Cl2F3N3O3/c1-2-10-33-22(32)18-19(13-6-8-14(24)9-7-13)31-34-20(18)17(12-29)21(23(26,27)28)30-16-5-3-4-15(25)11-16/h3-9,11-12,29-30H,2,10H2,1H3/b21-17+,29-12?. The van der Waals surface area contributed by atoms with E-state index in [-0.39, 0.29) is 28.6 Å². The van der Waals surface area contributed by atoms with E-state index in [9.17, 15) is 18.0 Å². The second-order valence-corrected chi connectivity index (χ2v) is 7.82. The SMILES string of the molecule is CCCOC(=O)c1c(-c2ccc(Cl)cc2)noc1/C(C=N)=C(/Nc1cccc(Cl)c1)C(F)(F)F. The van der Waals surface area contributed by atoms with Gasteiger partial charge in [-0.15, -0.1) is 0 Å². The van der Waals surface area contributed by atoms with Gasteiger partial charge in [-0.1, -0.05) is 53.5 Å². The number of carbonyl (C=O) groups is 1. The molecule has 0 aliphatic carbocycles. The number of hydrogen-bond donors (Lipinski definition) is 2. The quantitative estimate of drug-likeness (QED) is 0.245. The monoisotopic (exact) mass is 511 g/mol. The summed E-state index contributed by atoms with van der Waals surface area (Å²) in [5.41, 5.74) is -2.09. The number of aromatic nitrogens is 1. The van der Waals surface area contributed by atoms with E-state index in [1.54, 1.807) is 6.92 Å². The van der Waals surface area contributed by atoms with Crippen LogP contribution in [-0.4, -0.2) is 30.1 Å². The summed E-state index contributed by atoms with van der Waals surface area (Å²) in [6.45, 7) is 1.79. The van der Waals surface area contributed by atoms with Gasteiger partial charge in [0.05, 0.1) is 12.2 Å². The predicted molar refractivity (Wildman–Crippen MR) is 124 cm³/mol. The Labute approximate surface area is 202 Å². The molecule has 1 heterocycles. The van der Waals surface area contributed by atoms with Crippen molar-refractivity contribution in [2.24, 2.45) is 0 Å². The van der Waals surface area contributed by atoms with E-state index < -0.39 is 29.2 Å². The number of alkyl halides is 3. The molecule has 11 heteroatoms. The van der Waals surface area contributed by atoms with Crippen LogP contribution < -0.4 is 5.32 Å². The molecule has 0 saturated heterocycles. The Bertz CT molecular complexity index is 1220. The van der Waals surface area contributed by atoms with Gasteiger partial charge >= 0.3 is 12.1 Å². The Kier molecular flexibility index (Phi) is 8.01. The third-order valence-electron chi connectivity index (χ3n) is 4.49. The van der Waals surface area contributed by atoms with Gasteiger partial charge in [0.15, 0.2) is 5.76 Å². The fourth-order valence-electron chi connectivity index (χ4n) is 2.99. The van der Waals surface area contributed by atoms with E-state index in [1.807, 2.05) is 0 Å². The smallest absolute Gasteiger partial charge is 0.432 e. The van der Waals surface area contributed by atoms with Crippen molar-refractivity contribution >= 4 is 46.6 Å². The lowest BCUT2D eigenvalue weighted by Crippen LogP contribution is -2.22. The summed E-state index contributed by atoms with van der Waals surface area (Å²) < 4.78 is 52.7. The van der Waals surface area contributed by atoms with Crippen molar-refractivity contribution < 1.29 is 27.2 Å². The van der Waals surface area contributed by atoms with E-state index in [2.05, 4.69) is 10.5 Å². The molecule has 0 aliphatic rings. The average molecular weight is 512 g/mol. The van der Waals surface area contributed by atoms with Crippen LogP contribution in [-0.2, 0) is 4.74 Å². The van der Waals surface area contributed by atoms with E-state index >= 15 is 0 Å². The molecule has 1 aromatic heterocycles. The Morgan fingerprint density at radius 3 is 2.47 bits per heavy atom. The van der Waals surface area contributed by atoms with Crippen molar-refractivity contribution in [2.45, 2.75) is 19.5 Å². The molecule has 0 saturated carbocycles. The molecule has 3 aromatic rings. The molecule has 2 N–H and O–H groups in total. The molecule has 0 bridgehead atoms. The zero-order valence-corrected chi connectivity index (χ0v) is 19.2. The molecule has 0 fully saturated rings. The largest absolute Gasteiger partial charge is 0.462 e. The van der Waals surface area contributed by atoms with Crippen molar-refractivity contribution in [2.75, 3.05) is 11.9 Å². The molecule has 0 amide bonds. The molecular formula is C23H18Cl2F3N3O3. The van der Waals surface area contributed by atoms with Crippen molar-refractivity contribution in [3.05, 3.63) is 75.6 Å². The Morgan fingerprint density at radius 2 is 1.88 bits per heavy atom. The van der Waals surface area contributed by atoms with E-state index in [0.717, 1.165) is 0 Å². The van der Waals surface area contributed by atoms with Gasteiger partial charge in [0.25, 0.3) is 0 Å². The molecule has 178 valence electrons. The maximum Gasteiger partial charge on any atom is 0.432 e. The molecule has 2 aromatic carbocycles. The summed E-state index contributed by atoms with van der Waals surface area (Å²) in [7, 11) is 0. The van der Waals surface area contributed by atoms with Gasteiger partial charge in [0.1, 0.15) is 17.0 Å². The fourth-order valence-corrected chi connectivity index (χ4v) is 3.30. The Balaban J connectivity index is 2.23. The second kappa shape index (κ2) is 10.8. The molecule has 34 heavy (non-hydrogen) atoms. The van der Waals surface area contributed by atoms with Gasteiger partial charge in [-0.25, -0.2) is 4.79 Å². The van der Waals surface area contributed by atoms with Gasteiger partial charge in [0.2, 0.25) is 0 Å².